The minimum Gasteiger partial charge on any atom is -0.412 e. The van der Waals surface area contributed by atoms with Crippen molar-refractivity contribution < 1.29 is 13.7 Å². The lowest BCUT2D eigenvalue weighted by molar-refractivity contribution is -0.0427. The summed E-state index contributed by atoms with van der Waals surface area (Å²) in [4.78, 5) is 0. The lowest BCUT2D eigenvalue weighted by Gasteiger charge is -2.42. The molecule has 0 aromatic rings. The molecule has 0 aromatic heterocycles. The van der Waals surface area contributed by atoms with Gasteiger partial charge in [-0.1, -0.05) is 27.7 Å². The molecule has 2 radical (unpaired) electrons. The predicted octanol–water partition coefficient (Wildman–Crippen LogP) is 3.98. The van der Waals surface area contributed by atoms with Crippen LogP contribution in [0.2, 0.25) is 18.1 Å². The van der Waals surface area contributed by atoms with Crippen LogP contribution in [0.1, 0.15) is 27.7 Å². The summed E-state index contributed by atoms with van der Waals surface area (Å²) in [6, 6.07) is -0.348. The first-order valence-corrected chi connectivity index (χ1v) is 13.8. The molecule has 21 heavy (non-hydrogen) atoms. The Morgan fingerprint density at radius 1 is 1.38 bits per heavy atom. The molecule has 2 unspecified atom stereocenters. The van der Waals surface area contributed by atoms with Gasteiger partial charge in [0.15, 0.2) is 8.32 Å². The molecule has 2 saturated heterocycles. The topological polar surface area (TPSA) is 27.7 Å². The van der Waals surface area contributed by atoms with Crippen molar-refractivity contribution in [3.63, 3.8) is 0 Å². The third-order valence-corrected chi connectivity index (χ3v) is 13.0. The van der Waals surface area contributed by atoms with Gasteiger partial charge in [0.2, 0.25) is 0 Å². The van der Waals surface area contributed by atoms with Crippen LogP contribution < -0.4 is 0 Å². The molecule has 120 valence electrons. The summed E-state index contributed by atoms with van der Waals surface area (Å²) in [7, 11) is 4.06. The Morgan fingerprint density at radius 3 is 2.48 bits per heavy atom. The van der Waals surface area contributed by atoms with Crippen molar-refractivity contribution in [2.75, 3.05) is 19.0 Å². The molecule has 0 bridgehead atoms. The molecule has 0 aliphatic carbocycles. The highest BCUT2D eigenvalue weighted by Gasteiger charge is 2.55. The maximum Gasteiger partial charge on any atom is 0.192 e. The summed E-state index contributed by atoms with van der Waals surface area (Å²) >= 11 is 1.86. The number of ether oxygens (including phenoxy) is 1. The molecule has 2 rings (SSSR count). The Labute approximate surface area is 137 Å². The summed E-state index contributed by atoms with van der Waals surface area (Å²) in [5, 5.41) is 0.178. The quantitative estimate of drug-likeness (QED) is 0.558. The summed E-state index contributed by atoms with van der Waals surface area (Å²) in [6.07, 6.45) is -0.0312. The van der Waals surface area contributed by atoms with Crippen molar-refractivity contribution in [2.24, 2.45) is 5.92 Å². The highest BCUT2D eigenvalue weighted by Crippen LogP contribution is 2.57. The van der Waals surface area contributed by atoms with Gasteiger partial charge in [-0.15, -0.1) is 11.4 Å². The minimum absolute atomic E-state index is 0.0312. The van der Waals surface area contributed by atoms with E-state index in [2.05, 4.69) is 47.5 Å². The maximum atomic E-state index is 6.57. The molecule has 2 fully saturated rings. The van der Waals surface area contributed by atoms with Crippen LogP contribution in [0.5, 0.6) is 0 Å². The van der Waals surface area contributed by atoms with Gasteiger partial charge in [-0.3, -0.25) is 0 Å². The van der Waals surface area contributed by atoms with E-state index < -0.39 is 8.32 Å². The van der Waals surface area contributed by atoms with Gasteiger partial charge in [0, 0.05) is 17.7 Å². The molecular weight excluding hydrogens is 318 g/mol. The average Bonchev–Trinajstić information content (AvgIpc) is 2.57. The van der Waals surface area contributed by atoms with E-state index in [1.165, 1.54) is 0 Å². The molecular formula is C14H28BO3PSSi. The molecule has 2 aliphatic rings. The van der Waals surface area contributed by atoms with Gasteiger partial charge >= 0.3 is 0 Å². The van der Waals surface area contributed by atoms with Crippen molar-refractivity contribution >= 4 is 34.9 Å². The largest absolute Gasteiger partial charge is 0.412 e. The number of hydrogen-bond acceptors (Lipinski definition) is 4. The Hall–Kier alpha value is 0.942. The maximum absolute atomic E-state index is 6.57. The van der Waals surface area contributed by atoms with Gasteiger partial charge in [-0.2, -0.15) is 0 Å². The van der Waals surface area contributed by atoms with Crippen LogP contribution in [0.3, 0.4) is 0 Å². The van der Waals surface area contributed by atoms with Crippen molar-refractivity contribution in [1.82, 2.24) is 0 Å². The van der Waals surface area contributed by atoms with Crippen LogP contribution in [0.25, 0.3) is 0 Å². The molecule has 2 heterocycles. The highest BCUT2D eigenvalue weighted by molar-refractivity contribution is 8.54. The normalized spacial score (nSPS) is 41.7. The van der Waals surface area contributed by atoms with Crippen molar-refractivity contribution in [2.45, 2.75) is 63.5 Å². The molecule has 0 saturated carbocycles. The molecule has 2 aliphatic heterocycles. The third kappa shape index (κ3) is 3.56. The summed E-state index contributed by atoms with van der Waals surface area (Å²) in [5.41, 5.74) is -0.272. The summed E-state index contributed by atoms with van der Waals surface area (Å²) in [5.74, 6) is 1.22. The van der Waals surface area contributed by atoms with E-state index >= 15 is 0 Å². The zero-order valence-electron chi connectivity index (χ0n) is 14.3. The Balaban J connectivity index is 2.12. The van der Waals surface area contributed by atoms with E-state index in [0.29, 0.717) is 6.61 Å². The van der Waals surface area contributed by atoms with E-state index in [0.717, 1.165) is 5.75 Å². The van der Waals surface area contributed by atoms with Crippen LogP contribution >= 0.6 is 18.7 Å². The van der Waals surface area contributed by atoms with Crippen molar-refractivity contribution in [3.05, 3.63) is 0 Å². The highest BCUT2D eigenvalue weighted by atomic mass is 32.7. The molecule has 0 amide bonds. The summed E-state index contributed by atoms with van der Waals surface area (Å²) in [6.45, 7) is 16.3. The van der Waals surface area contributed by atoms with Gasteiger partial charge in [0.25, 0.3) is 0 Å². The Bertz CT molecular complexity index is 383. The van der Waals surface area contributed by atoms with Gasteiger partial charge < -0.3 is 13.7 Å². The SMILES string of the molecule is [B][C@@H]1O[C@]2(COP(C)SC2)[C@H](C)C1O[Si](C)(C)C(C)(C)C. The van der Waals surface area contributed by atoms with Crippen LogP contribution in [0.15, 0.2) is 0 Å². The first kappa shape index (κ1) is 18.3. The zero-order chi connectivity index (χ0) is 16.1. The zero-order valence-corrected chi connectivity index (χ0v) is 17.0. The molecule has 3 nitrogen and oxygen atoms in total. The number of rotatable bonds is 2. The summed E-state index contributed by atoms with van der Waals surface area (Å²) < 4.78 is 18.6. The molecule has 5 atom stereocenters. The standard InChI is InChI=1S/C14H28BO3PSSi/c1-10-11(18-21(6,7)13(2,3)4)12(15)17-14(10)8-16-19(5)20-9-14/h10-12H,8-9H2,1-7H3/t10-,11?,12-,14+,19?/m1/s1. The van der Waals surface area contributed by atoms with E-state index in [1.54, 1.807) is 0 Å². The molecule has 1 spiro atoms. The second kappa shape index (κ2) is 6.10. The van der Waals surface area contributed by atoms with E-state index in [9.17, 15) is 0 Å². The third-order valence-electron chi connectivity index (χ3n) is 5.24. The fourth-order valence-corrected chi connectivity index (χ4v) is 6.77. The minimum atomic E-state index is -1.85. The molecule has 7 heteroatoms. The van der Waals surface area contributed by atoms with Crippen molar-refractivity contribution in [3.8, 4) is 0 Å². The molecule has 0 aromatic carbocycles. The fraction of sp³-hybridized carbons (Fsp3) is 1.00. The Kier molecular flexibility index (Phi) is 5.31. The van der Waals surface area contributed by atoms with Gasteiger partial charge in [0.05, 0.1) is 20.1 Å². The van der Waals surface area contributed by atoms with Crippen LogP contribution in [-0.4, -0.2) is 52.9 Å². The second-order valence-electron chi connectivity index (χ2n) is 7.77. The van der Waals surface area contributed by atoms with E-state index in [-0.39, 0.29) is 36.0 Å². The van der Waals surface area contributed by atoms with Crippen LogP contribution in [0, 0.1) is 5.92 Å². The first-order chi connectivity index (χ1) is 9.48. The smallest absolute Gasteiger partial charge is 0.192 e. The number of hydrogen-bond donors (Lipinski definition) is 0. The second-order valence-corrected chi connectivity index (χ2v) is 16.5. The molecule has 0 N–H and O–H groups in total. The van der Waals surface area contributed by atoms with Gasteiger partial charge in [-0.05, 0) is 24.8 Å². The first-order valence-electron chi connectivity index (χ1n) is 7.59. The van der Waals surface area contributed by atoms with Crippen LogP contribution in [-0.2, 0) is 13.7 Å². The lowest BCUT2D eigenvalue weighted by atomic mass is 9.84. The van der Waals surface area contributed by atoms with E-state index in [1.807, 2.05) is 11.4 Å². The van der Waals surface area contributed by atoms with Crippen LogP contribution in [0.4, 0.5) is 0 Å². The Morgan fingerprint density at radius 2 is 2.00 bits per heavy atom. The van der Waals surface area contributed by atoms with Crippen molar-refractivity contribution in [1.29, 1.82) is 0 Å². The van der Waals surface area contributed by atoms with Gasteiger partial charge in [0.1, 0.15) is 13.4 Å². The predicted molar refractivity (Wildman–Crippen MR) is 95.8 cm³/mol. The van der Waals surface area contributed by atoms with Gasteiger partial charge in [-0.25, -0.2) is 0 Å². The fourth-order valence-electron chi connectivity index (χ4n) is 2.53. The van der Waals surface area contributed by atoms with E-state index in [4.69, 9.17) is 21.5 Å². The lowest BCUT2D eigenvalue weighted by Crippen LogP contribution is -2.49. The monoisotopic (exact) mass is 346 g/mol. The average molecular weight is 346 g/mol.